The van der Waals surface area contributed by atoms with E-state index in [2.05, 4.69) is 36.5 Å². The summed E-state index contributed by atoms with van der Waals surface area (Å²) < 4.78 is 0. The van der Waals surface area contributed by atoms with Crippen LogP contribution in [0.3, 0.4) is 0 Å². The summed E-state index contributed by atoms with van der Waals surface area (Å²) >= 11 is 1.74. The molecule has 0 amide bonds. The standard InChI is InChI=1S/C13H22N2S/c1-4-11-5-6-12(7-11)14-9(2)13-8-16-10(3)15-13/h8-9,11-12,14H,4-7H2,1-3H3. The van der Waals surface area contributed by atoms with Crippen LogP contribution >= 0.6 is 11.3 Å². The average molecular weight is 238 g/mol. The van der Waals surface area contributed by atoms with Crippen molar-refractivity contribution >= 4 is 11.3 Å². The molecule has 1 heterocycles. The molecule has 1 aliphatic rings. The number of aromatic nitrogens is 1. The van der Waals surface area contributed by atoms with E-state index in [-0.39, 0.29) is 0 Å². The Balaban J connectivity index is 1.86. The molecule has 1 aromatic rings. The number of aryl methyl sites for hydroxylation is 1. The summed E-state index contributed by atoms with van der Waals surface area (Å²) in [6.45, 7) is 6.61. The Morgan fingerprint density at radius 1 is 1.56 bits per heavy atom. The zero-order chi connectivity index (χ0) is 11.5. The van der Waals surface area contributed by atoms with E-state index in [4.69, 9.17) is 0 Å². The van der Waals surface area contributed by atoms with Gasteiger partial charge in [0.15, 0.2) is 0 Å². The fourth-order valence-electron chi connectivity index (χ4n) is 2.62. The van der Waals surface area contributed by atoms with Gasteiger partial charge in [-0.15, -0.1) is 11.3 Å². The normalized spacial score (nSPS) is 27.2. The summed E-state index contributed by atoms with van der Waals surface area (Å²) in [6.07, 6.45) is 5.43. The van der Waals surface area contributed by atoms with E-state index >= 15 is 0 Å². The lowest BCUT2D eigenvalue weighted by Gasteiger charge is -2.18. The van der Waals surface area contributed by atoms with Crippen molar-refractivity contribution in [2.75, 3.05) is 0 Å². The molecule has 1 N–H and O–H groups in total. The van der Waals surface area contributed by atoms with Gasteiger partial charge in [-0.25, -0.2) is 4.98 Å². The van der Waals surface area contributed by atoms with Crippen LogP contribution in [0.4, 0.5) is 0 Å². The molecule has 0 aromatic carbocycles. The molecule has 2 nitrogen and oxygen atoms in total. The van der Waals surface area contributed by atoms with Crippen molar-refractivity contribution in [2.45, 2.75) is 58.5 Å². The van der Waals surface area contributed by atoms with Gasteiger partial charge in [-0.2, -0.15) is 0 Å². The molecule has 1 aromatic heterocycles. The van der Waals surface area contributed by atoms with Crippen molar-refractivity contribution in [3.05, 3.63) is 16.1 Å². The molecule has 3 heteroatoms. The highest BCUT2D eigenvalue weighted by molar-refractivity contribution is 7.09. The molecule has 1 aliphatic carbocycles. The summed E-state index contributed by atoms with van der Waals surface area (Å²) in [6, 6.07) is 1.12. The van der Waals surface area contributed by atoms with Gasteiger partial charge in [-0.3, -0.25) is 0 Å². The van der Waals surface area contributed by atoms with Crippen LogP contribution in [0.25, 0.3) is 0 Å². The monoisotopic (exact) mass is 238 g/mol. The highest BCUT2D eigenvalue weighted by Crippen LogP contribution is 2.29. The quantitative estimate of drug-likeness (QED) is 0.865. The number of thiazole rings is 1. The number of nitrogens with zero attached hydrogens (tertiary/aromatic N) is 1. The predicted molar refractivity (Wildman–Crippen MR) is 69.8 cm³/mol. The van der Waals surface area contributed by atoms with E-state index < -0.39 is 0 Å². The second-order valence-corrected chi connectivity index (χ2v) is 6.03. The molecule has 0 spiro atoms. The van der Waals surface area contributed by atoms with Gasteiger partial charge in [0.2, 0.25) is 0 Å². The molecule has 90 valence electrons. The van der Waals surface area contributed by atoms with Crippen molar-refractivity contribution in [1.82, 2.24) is 10.3 Å². The first-order valence-electron chi connectivity index (χ1n) is 6.37. The smallest absolute Gasteiger partial charge is 0.0898 e. The minimum absolute atomic E-state index is 0.408. The second-order valence-electron chi connectivity index (χ2n) is 4.96. The molecule has 2 rings (SSSR count). The summed E-state index contributed by atoms with van der Waals surface area (Å²) in [5, 5.41) is 7.06. The highest BCUT2D eigenvalue weighted by atomic mass is 32.1. The van der Waals surface area contributed by atoms with Crippen molar-refractivity contribution in [1.29, 1.82) is 0 Å². The van der Waals surface area contributed by atoms with E-state index in [1.54, 1.807) is 11.3 Å². The van der Waals surface area contributed by atoms with Crippen LogP contribution in [0.1, 0.15) is 56.3 Å². The zero-order valence-electron chi connectivity index (χ0n) is 10.5. The number of hydrogen-bond donors (Lipinski definition) is 1. The molecule has 3 unspecified atom stereocenters. The fourth-order valence-corrected chi connectivity index (χ4v) is 3.32. The first kappa shape index (κ1) is 12.1. The minimum Gasteiger partial charge on any atom is -0.306 e. The molecular weight excluding hydrogens is 216 g/mol. The Morgan fingerprint density at radius 3 is 2.94 bits per heavy atom. The number of hydrogen-bond acceptors (Lipinski definition) is 3. The van der Waals surface area contributed by atoms with Crippen LogP contribution in [-0.2, 0) is 0 Å². The predicted octanol–water partition coefficient (Wildman–Crippen LogP) is 3.68. The van der Waals surface area contributed by atoms with Crippen LogP contribution in [0.15, 0.2) is 5.38 Å². The van der Waals surface area contributed by atoms with Crippen LogP contribution < -0.4 is 5.32 Å². The number of rotatable bonds is 4. The molecule has 1 saturated carbocycles. The van der Waals surface area contributed by atoms with E-state index in [0.717, 1.165) is 5.92 Å². The van der Waals surface area contributed by atoms with E-state index in [1.807, 2.05) is 0 Å². The third kappa shape index (κ3) is 2.83. The largest absolute Gasteiger partial charge is 0.306 e. The van der Waals surface area contributed by atoms with Crippen molar-refractivity contribution < 1.29 is 0 Å². The molecule has 0 saturated heterocycles. The van der Waals surface area contributed by atoms with Crippen molar-refractivity contribution in [3.8, 4) is 0 Å². The Labute approximate surface area is 102 Å². The topological polar surface area (TPSA) is 24.9 Å². The van der Waals surface area contributed by atoms with Crippen molar-refractivity contribution in [2.24, 2.45) is 5.92 Å². The Morgan fingerprint density at radius 2 is 2.38 bits per heavy atom. The van der Waals surface area contributed by atoms with Gasteiger partial charge in [0.05, 0.1) is 10.7 Å². The van der Waals surface area contributed by atoms with Gasteiger partial charge < -0.3 is 5.32 Å². The Bertz CT molecular complexity index is 334. The second kappa shape index (κ2) is 5.28. The third-order valence-corrected chi connectivity index (χ3v) is 4.48. The van der Waals surface area contributed by atoms with Gasteiger partial charge in [-0.05, 0) is 39.0 Å². The average Bonchev–Trinajstić information content (AvgIpc) is 2.87. The minimum atomic E-state index is 0.408. The van der Waals surface area contributed by atoms with Gasteiger partial charge >= 0.3 is 0 Å². The molecule has 0 radical (unpaired) electrons. The SMILES string of the molecule is CCC1CCC(NC(C)c2csc(C)n2)C1. The molecular formula is C13H22N2S. The maximum Gasteiger partial charge on any atom is 0.0898 e. The van der Waals surface area contributed by atoms with Gasteiger partial charge in [0, 0.05) is 17.5 Å². The Hall–Kier alpha value is -0.410. The maximum atomic E-state index is 4.55. The lowest BCUT2D eigenvalue weighted by molar-refractivity contribution is 0.433. The highest BCUT2D eigenvalue weighted by Gasteiger charge is 2.24. The van der Waals surface area contributed by atoms with Gasteiger partial charge in [0.25, 0.3) is 0 Å². The van der Waals surface area contributed by atoms with Gasteiger partial charge in [-0.1, -0.05) is 13.3 Å². The summed E-state index contributed by atoms with van der Waals surface area (Å²) in [5.41, 5.74) is 1.21. The molecule has 1 fully saturated rings. The number of nitrogens with one attached hydrogen (secondary N) is 1. The van der Waals surface area contributed by atoms with Crippen LogP contribution in [0.2, 0.25) is 0 Å². The third-order valence-electron chi connectivity index (χ3n) is 3.68. The molecule has 3 atom stereocenters. The van der Waals surface area contributed by atoms with E-state index in [9.17, 15) is 0 Å². The summed E-state index contributed by atoms with van der Waals surface area (Å²) in [4.78, 5) is 4.55. The lowest BCUT2D eigenvalue weighted by Crippen LogP contribution is -2.29. The zero-order valence-corrected chi connectivity index (χ0v) is 11.3. The fraction of sp³-hybridized carbons (Fsp3) is 0.769. The van der Waals surface area contributed by atoms with E-state index in [0.29, 0.717) is 12.1 Å². The van der Waals surface area contributed by atoms with Crippen LogP contribution in [-0.4, -0.2) is 11.0 Å². The summed E-state index contributed by atoms with van der Waals surface area (Å²) in [5.74, 6) is 0.946. The first-order chi connectivity index (χ1) is 7.69. The van der Waals surface area contributed by atoms with Crippen LogP contribution in [0.5, 0.6) is 0 Å². The Kier molecular flexibility index (Phi) is 3.98. The van der Waals surface area contributed by atoms with Crippen LogP contribution in [0, 0.1) is 12.8 Å². The molecule has 16 heavy (non-hydrogen) atoms. The molecule has 0 aliphatic heterocycles. The molecule has 0 bridgehead atoms. The van der Waals surface area contributed by atoms with Gasteiger partial charge in [0.1, 0.15) is 0 Å². The lowest BCUT2D eigenvalue weighted by atomic mass is 10.1. The maximum absolute atomic E-state index is 4.55. The van der Waals surface area contributed by atoms with Crippen molar-refractivity contribution in [3.63, 3.8) is 0 Å². The first-order valence-corrected chi connectivity index (χ1v) is 7.25. The van der Waals surface area contributed by atoms with E-state index in [1.165, 1.54) is 36.4 Å². The summed E-state index contributed by atoms with van der Waals surface area (Å²) in [7, 11) is 0.